The molecule has 1 aromatic heterocycles. The zero-order chi connectivity index (χ0) is 19.9. The minimum Gasteiger partial charge on any atom is -0.493 e. The molecule has 0 spiro atoms. The van der Waals surface area contributed by atoms with Crippen LogP contribution < -0.4 is 4.74 Å². The van der Waals surface area contributed by atoms with Gasteiger partial charge in [-0.3, -0.25) is 0 Å². The SMILES string of the molecule is CS/C(=C\c1ccc(OCCc2nc(-c3ccccc3)oc2C)cc1)C(=O)O. The molecule has 28 heavy (non-hydrogen) atoms. The number of thioether (sulfide) groups is 1. The summed E-state index contributed by atoms with van der Waals surface area (Å²) in [5.41, 5.74) is 2.65. The van der Waals surface area contributed by atoms with Gasteiger partial charge in [-0.25, -0.2) is 9.78 Å². The highest BCUT2D eigenvalue weighted by Gasteiger charge is 2.11. The molecule has 0 unspecified atom stereocenters. The third-order valence-electron chi connectivity index (χ3n) is 4.13. The predicted octanol–water partition coefficient (Wildman–Crippen LogP) is 5.06. The maximum atomic E-state index is 11.1. The van der Waals surface area contributed by atoms with Crippen molar-refractivity contribution in [1.82, 2.24) is 4.98 Å². The van der Waals surface area contributed by atoms with Crippen molar-refractivity contribution < 1.29 is 19.1 Å². The van der Waals surface area contributed by atoms with Crippen LogP contribution in [0.1, 0.15) is 17.0 Å². The number of carboxylic acid groups (broad SMARTS) is 1. The van der Waals surface area contributed by atoms with E-state index in [1.165, 1.54) is 11.8 Å². The van der Waals surface area contributed by atoms with Crippen LogP contribution in [0.3, 0.4) is 0 Å². The maximum absolute atomic E-state index is 11.1. The summed E-state index contributed by atoms with van der Waals surface area (Å²) >= 11 is 1.20. The highest BCUT2D eigenvalue weighted by molar-refractivity contribution is 8.03. The number of carboxylic acids is 1. The van der Waals surface area contributed by atoms with Gasteiger partial charge in [-0.2, -0.15) is 0 Å². The first-order valence-corrected chi connectivity index (χ1v) is 10.0. The fourth-order valence-corrected chi connectivity index (χ4v) is 3.08. The summed E-state index contributed by atoms with van der Waals surface area (Å²) in [5, 5.41) is 9.08. The second kappa shape index (κ2) is 9.28. The highest BCUT2D eigenvalue weighted by atomic mass is 32.2. The molecule has 1 heterocycles. The second-order valence-electron chi connectivity index (χ2n) is 6.07. The molecule has 6 heteroatoms. The summed E-state index contributed by atoms with van der Waals surface area (Å²) in [7, 11) is 0. The average Bonchev–Trinajstić information content (AvgIpc) is 3.08. The molecule has 0 amide bonds. The van der Waals surface area contributed by atoms with Gasteiger partial charge in [-0.05, 0) is 49.1 Å². The number of aryl methyl sites for hydroxylation is 1. The van der Waals surface area contributed by atoms with E-state index in [2.05, 4.69) is 4.98 Å². The molecule has 0 aliphatic heterocycles. The van der Waals surface area contributed by atoms with Gasteiger partial charge in [0.15, 0.2) is 0 Å². The van der Waals surface area contributed by atoms with Crippen molar-refractivity contribution >= 4 is 23.8 Å². The van der Waals surface area contributed by atoms with E-state index in [1.54, 1.807) is 12.3 Å². The Kier molecular flexibility index (Phi) is 6.55. The Morgan fingerprint density at radius 1 is 1.18 bits per heavy atom. The topological polar surface area (TPSA) is 72.6 Å². The van der Waals surface area contributed by atoms with Crippen molar-refractivity contribution in [3.63, 3.8) is 0 Å². The van der Waals surface area contributed by atoms with Crippen LogP contribution in [-0.2, 0) is 11.2 Å². The lowest BCUT2D eigenvalue weighted by Crippen LogP contribution is -2.02. The van der Waals surface area contributed by atoms with E-state index in [0.717, 1.165) is 28.3 Å². The fourth-order valence-electron chi connectivity index (χ4n) is 2.65. The zero-order valence-corrected chi connectivity index (χ0v) is 16.5. The standard InChI is InChI=1S/C22H21NO4S/c1-15-19(23-21(27-15)17-6-4-3-5-7-17)12-13-26-18-10-8-16(9-11-18)14-20(28-2)22(24)25/h3-11,14H,12-13H2,1-2H3,(H,24,25)/b20-14-. The molecule has 0 saturated heterocycles. The van der Waals surface area contributed by atoms with Crippen molar-refractivity contribution in [3.8, 4) is 17.2 Å². The molecule has 3 rings (SSSR count). The van der Waals surface area contributed by atoms with Crippen molar-refractivity contribution in [3.05, 3.63) is 76.5 Å². The molecule has 0 saturated carbocycles. The van der Waals surface area contributed by atoms with E-state index in [1.807, 2.05) is 61.5 Å². The molecular weight excluding hydrogens is 374 g/mol. The molecule has 2 aromatic carbocycles. The second-order valence-corrected chi connectivity index (χ2v) is 6.92. The van der Waals surface area contributed by atoms with Crippen LogP contribution in [0, 0.1) is 6.92 Å². The number of aliphatic carboxylic acids is 1. The molecular formula is C22H21NO4S. The fraction of sp³-hybridized carbons (Fsp3) is 0.182. The molecule has 0 aliphatic carbocycles. The number of benzene rings is 2. The number of aromatic nitrogens is 1. The van der Waals surface area contributed by atoms with Crippen molar-refractivity contribution in [2.75, 3.05) is 12.9 Å². The van der Waals surface area contributed by atoms with Crippen molar-refractivity contribution in [1.29, 1.82) is 0 Å². The largest absolute Gasteiger partial charge is 0.493 e. The Hall–Kier alpha value is -2.99. The average molecular weight is 395 g/mol. The first-order valence-electron chi connectivity index (χ1n) is 8.80. The van der Waals surface area contributed by atoms with Gasteiger partial charge in [0.2, 0.25) is 5.89 Å². The molecule has 0 radical (unpaired) electrons. The molecule has 1 N–H and O–H groups in total. The molecule has 3 aromatic rings. The lowest BCUT2D eigenvalue weighted by molar-refractivity contribution is -0.131. The number of rotatable bonds is 8. The Labute approximate surface area is 168 Å². The van der Waals surface area contributed by atoms with Gasteiger partial charge >= 0.3 is 5.97 Å². The molecule has 0 bridgehead atoms. The van der Waals surface area contributed by atoms with E-state index in [-0.39, 0.29) is 0 Å². The molecule has 0 aliphatic rings. The summed E-state index contributed by atoms with van der Waals surface area (Å²) in [6, 6.07) is 17.1. The third kappa shape index (κ3) is 5.04. The van der Waals surface area contributed by atoms with Gasteiger partial charge < -0.3 is 14.3 Å². The monoisotopic (exact) mass is 395 g/mol. The van der Waals surface area contributed by atoms with Crippen molar-refractivity contribution in [2.45, 2.75) is 13.3 Å². The number of hydrogen-bond donors (Lipinski definition) is 1. The molecule has 0 fully saturated rings. The van der Waals surface area contributed by atoms with E-state index < -0.39 is 5.97 Å². The first kappa shape index (κ1) is 19.8. The Bertz CT molecular complexity index is 962. The van der Waals surface area contributed by atoms with Crippen LogP contribution in [0.2, 0.25) is 0 Å². The Balaban J connectivity index is 1.58. The van der Waals surface area contributed by atoms with Crippen LogP contribution in [0.5, 0.6) is 5.75 Å². The van der Waals surface area contributed by atoms with Gasteiger partial charge in [-0.15, -0.1) is 11.8 Å². The van der Waals surface area contributed by atoms with Gasteiger partial charge in [0.05, 0.1) is 17.2 Å². The number of oxazole rings is 1. The van der Waals surface area contributed by atoms with E-state index in [4.69, 9.17) is 14.3 Å². The number of ether oxygens (including phenoxy) is 1. The minimum atomic E-state index is -0.925. The first-order chi connectivity index (χ1) is 13.6. The quantitative estimate of drug-likeness (QED) is 0.538. The van der Waals surface area contributed by atoms with Crippen molar-refractivity contribution in [2.24, 2.45) is 0 Å². The van der Waals surface area contributed by atoms with E-state index in [0.29, 0.717) is 23.8 Å². The number of carbonyl (C=O) groups is 1. The lowest BCUT2D eigenvalue weighted by atomic mass is 10.2. The van der Waals surface area contributed by atoms with Crippen LogP contribution in [-0.4, -0.2) is 28.9 Å². The number of hydrogen-bond acceptors (Lipinski definition) is 5. The summed E-state index contributed by atoms with van der Waals surface area (Å²) in [4.78, 5) is 15.9. The molecule has 5 nitrogen and oxygen atoms in total. The van der Waals surface area contributed by atoms with Crippen LogP contribution in [0.15, 0.2) is 63.9 Å². The van der Waals surface area contributed by atoms with Gasteiger partial charge in [0, 0.05) is 12.0 Å². The summed E-state index contributed by atoms with van der Waals surface area (Å²) in [5.74, 6) is 1.21. The highest BCUT2D eigenvalue weighted by Crippen LogP contribution is 2.22. The summed E-state index contributed by atoms with van der Waals surface area (Å²) in [6.07, 6.45) is 4.02. The summed E-state index contributed by atoms with van der Waals surface area (Å²) < 4.78 is 11.6. The Morgan fingerprint density at radius 2 is 1.89 bits per heavy atom. The number of nitrogens with zero attached hydrogens (tertiary/aromatic N) is 1. The normalized spacial score (nSPS) is 11.4. The van der Waals surface area contributed by atoms with Gasteiger partial charge in [0.25, 0.3) is 0 Å². The maximum Gasteiger partial charge on any atom is 0.342 e. The van der Waals surface area contributed by atoms with E-state index >= 15 is 0 Å². The van der Waals surface area contributed by atoms with Crippen LogP contribution >= 0.6 is 11.8 Å². The Morgan fingerprint density at radius 3 is 2.54 bits per heavy atom. The molecule has 0 atom stereocenters. The van der Waals surface area contributed by atoms with Gasteiger partial charge in [0.1, 0.15) is 11.5 Å². The van der Waals surface area contributed by atoms with Crippen LogP contribution in [0.25, 0.3) is 17.5 Å². The lowest BCUT2D eigenvalue weighted by Gasteiger charge is -2.06. The van der Waals surface area contributed by atoms with Crippen LogP contribution in [0.4, 0.5) is 0 Å². The van der Waals surface area contributed by atoms with Gasteiger partial charge in [-0.1, -0.05) is 30.3 Å². The third-order valence-corrected chi connectivity index (χ3v) is 4.86. The minimum absolute atomic E-state index is 0.296. The molecule has 144 valence electrons. The smallest absolute Gasteiger partial charge is 0.342 e. The predicted molar refractivity (Wildman–Crippen MR) is 111 cm³/mol. The zero-order valence-electron chi connectivity index (χ0n) is 15.7. The van der Waals surface area contributed by atoms with E-state index in [9.17, 15) is 4.79 Å². The summed E-state index contributed by atoms with van der Waals surface area (Å²) in [6.45, 7) is 2.38.